The summed E-state index contributed by atoms with van der Waals surface area (Å²) < 4.78 is 37.2. The molecule has 4 nitrogen and oxygen atoms in total. The highest BCUT2D eigenvalue weighted by molar-refractivity contribution is 7.09. The molecule has 0 spiro atoms. The quantitative estimate of drug-likeness (QED) is 0.674. The second kappa shape index (κ2) is 6.13. The monoisotopic (exact) mass is 314 g/mol. The molecule has 3 N–H and O–H groups in total. The minimum absolute atomic E-state index is 0.00540. The third kappa shape index (κ3) is 4.45. The molecule has 0 aliphatic heterocycles. The number of benzene rings is 1. The Balaban J connectivity index is 1.97. The van der Waals surface area contributed by atoms with Gasteiger partial charge in [-0.1, -0.05) is 17.7 Å². The zero-order chi connectivity index (χ0) is 15.5. The molecule has 0 bridgehead atoms. The van der Waals surface area contributed by atoms with Gasteiger partial charge in [0.05, 0.1) is 6.54 Å². The van der Waals surface area contributed by atoms with Crippen molar-refractivity contribution >= 4 is 23.0 Å². The zero-order valence-electron chi connectivity index (χ0n) is 11.1. The average Bonchev–Trinajstić information content (AvgIpc) is 2.88. The summed E-state index contributed by atoms with van der Waals surface area (Å²) in [7, 11) is 0. The van der Waals surface area contributed by atoms with Crippen molar-refractivity contribution in [2.45, 2.75) is 19.6 Å². The number of rotatable bonds is 3. The number of hydrogen-bond acceptors (Lipinski definition) is 3. The lowest BCUT2D eigenvalue weighted by atomic mass is 10.2. The van der Waals surface area contributed by atoms with Gasteiger partial charge in [0.15, 0.2) is 11.7 Å². The number of nitrogens with zero attached hydrogens (tertiary/aromatic N) is 2. The first-order valence-corrected chi connectivity index (χ1v) is 6.88. The summed E-state index contributed by atoms with van der Waals surface area (Å²) in [6.07, 6.45) is -4.43. The number of aliphatic imine (C=N–C) groups is 1. The van der Waals surface area contributed by atoms with Crippen LogP contribution in [0.5, 0.6) is 0 Å². The smallest absolute Gasteiger partial charge is 0.370 e. The van der Waals surface area contributed by atoms with Crippen LogP contribution in [-0.4, -0.2) is 10.9 Å². The van der Waals surface area contributed by atoms with E-state index in [0.717, 1.165) is 28.0 Å². The Kier molecular flexibility index (Phi) is 4.46. The van der Waals surface area contributed by atoms with E-state index >= 15 is 0 Å². The summed E-state index contributed by atoms with van der Waals surface area (Å²) in [5.74, 6) is 0.127. The van der Waals surface area contributed by atoms with E-state index in [2.05, 4.69) is 15.3 Å². The summed E-state index contributed by atoms with van der Waals surface area (Å²) in [6, 6.07) is 7.49. The standard InChI is InChI=1S/C13H13F3N4S/c1-8-2-4-9(5-3-8)19-12(17)18-6-11-20-10(7-21-11)13(14,15)16/h2-5,7H,6H2,1H3,(H3,17,18,19). The highest BCUT2D eigenvalue weighted by Crippen LogP contribution is 2.30. The summed E-state index contributed by atoms with van der Waals surface area (Å²) in [5, 5.41) is 4.09. The number of aryl methyl sites for hydroxylation is 1. The SMILES string of the molecule is Cc1ccc(NC(N)=NCc2nc(C(F)(F)F)cs2)cc1. The van der Waals surface area contributed by atoms with Crippen molar-refractivity contribution in [3.8, 4) is 0 Å². The molecular formula is C13H13F3N4S. The van der Waals surface area contributed by atoms with E-state index < -0.39 is 11.9 Å². The van der Waals surface area contributed by atoms with Gasteiger partial charge >= 0.3 is 6.18 Å². The Morgan fingerprint density at radius 1 is 1.33 bits per heavy atom. The predicted molar refractivity (Wildman–Crippen MR) is 77.2 cm³/mol. The van der Waals surface area contributed by atoms with Crippen molar-refractivity contribution in [3.05, 3.63) is 45.9 Å². The van der Waals surface area contributed by atoms with Crippen molar-refractivity contribution in [2.24, 2.45) is 10.7 Å². The molecule has 0 amide bonds. The molecule has 0 fully saturated rings. The maximum atomic E-state index is 12.4. The van der Waals surface area contributed by atoms with E-state index in [0.29, 0.717) is 0 Å². The van der Waals surface area contributed by atoms with Gasteiger partial charge in [-0.25, -0.2) is 9.98 Å². The van der Waals surface area contributed by atoms with Crippen LogP contribution >= 0.6 is 11.3 Å². The number of anilines is 1. The van der Waals surface area contributed by atoms with Gasteiger partial charge in [0.1, 0.15) is 5.01 Å². The van der Waals surface area contributed by atoms with Crippen molar-refractivity contribution in [3.63, 3.8) is 0 Å². The highest BCUT2D eigenvalue weighted by atomic mass is 32.1. The molecule has 0 unspecified atom stereocenters. The first-order chi connectivity index (χ1) is 9.84. The molecular weight excluding hydrogens is 301 g/mol. The van der Waals surface area contributed by atoms with Crippen molar-refractivity contribution in [2.75, 3.05) is 5.32 Å². The maximum Gasteiger partial charge on any atom is 0.434 e. The van der Waals surface area contributed by atoms with Crippen molar-refractivity contribution < 1.29 is 13.2 Å². The molecule has 2 rings (SSSR count). The molecule has 0 aliphatic rings. The summed E-state index contributed by atoms with van der Waals surface area (Å²) >= 11 is 0.905. The van der Waals surface area contributed by atoms with Crippen LogP contribution in [0.1, 0.15) is 16.3 Å². The Morgan fingerprint density at radius 3 is 2.57 bits per heavy atom. The molecule has 0 atom stereocenters. The lowest BCUT2D eigenvalue weighted by molar-refractivity contribution is -0.140. The van der Waals surface area contributed by atoms with Crippen LogP contribution < -0.4 is 11.1 Å². The first kappa shape index (κ1) is 15.3. The first-order valence-electron chi connectivity index (χ1n) is 6.00. The van der Waals surface area contributed by atoms with Gasteiger partial charge in [0, 0.05) is 11.1 Å². The number of guanidine groups is 1. The van der Waals surface area contributed by atoms with Crippen LogP contribution in [0.2, 0.25) is 0 Å². The molecule has 0 radical (unpaired) electrons. The minimum atomic E-state index is -4.43. The van der Waals surface area contributed by atoms with E-state index in [9.17, 15) is 13.2 Å². The van der Waals surface area contributed by atoms with Gasteiger partial charge in [0.2, 0.25) is 0 Å². The van der Waals surface area contributed by atoms with Crippen molar-refractivity contribution in [1.82, 2.24) is 4.98 Å². The van der Waals surface area contributed by atoms with Gasteiger partial charge in [-0.2, -0.15) is 13.2 Å². The highest BCUT2D eigenvalue weighted by Gasteiger charge is 2.33. The molecule has 1 heterocycles. The van der Waals surface area contributed by atoms with E-state index in [1.165, 1.54) is 0 Å². The Hall–Kier alpha value is -2.09. The van der Waals surface area contributed by atoms with E-state index in [-0.39, 0.29) is 17.5 Å². The molecule has 2 aromatic rings. The maximum absolute atomic E-state index is 12.4. The van der Waals surface area contributed by atoms with E-state index in [1.54, 1.807) is 0 Å². The van der Waals surface area contributed by atoms with Crippen LogP contribution in [0.3, 0.4) is 0 Å². The normalized spacial score (nSPS) is 12.5. The van der Waals surface area contributed by atoms with E-state index in [1.807, 2.05) is 31.2 Å². The topological polar surface area (TPSA) is 63.3 Å². The predicted octanol–water partition coefficient (Wildman–Crippen LogP) is 3.40. The third-order valence-electron chi connectivity index (χ3n) is 2.55. The van der Waals surface area contributed by atoms with Gasteiger partial charge in [0.25, 0.3) is 0 Å². The molecule has 112 valence electrons. The van der Waals surface area contributed by atoms with Crippen LogP contribution in [0.15, 0.2) is 34.6 Å². The lowest BCUT2D eigenvalue weighted by Crippen LogP contribution is -2.22. The molecule has 1 aromatic carbocycles. The largest absolute Gasteiger partial charge is 0.434 e. The number of nitrogens with two attached hydrogens (primary N) is 1. The average molecular weight is 314 g/mol. The van der Waals surface area contributed by atoms with Crippen LogP contribution in [0, 0.1) is 6.92 Å². The molecule has 0 saturated heterocycles. The summed E-state index contributed by atoms with van der Waals surface area (Å²) in [5.41, 5.74) is 6.65. The number of hydrogen-bond donors (Lipinski definition) is 2. The minimum Gasteiger partial charge on any atom is -0.370 e. The van der Waals surface area contributed by atoms with E-state index in [4.69, 9.17) is 5.73 Å². The van der Waals surface area contributed by atoms with Gasteiger partial charge in [-0.3, -0.25) is 0 Å². The number of halogens is 3. The Morgan fingerprint density at radius 2 is 2.00 bits per heavy atom. The Labute approximate surface area is 123 Å². The van der Waals surface area contributed by atoms with Gasteiger partial charge < -0.3 is 11.1 Å². The lowest BCUT2D eigenvalue weighted by Gasteiger charge is -2.05. The van der Waals surface area contributed by atoms with Crippen LogP contribution in [0.4, 0.5) is 18.9 Å². The number of alkyl halides is 3. The molecule has 0 saturated carbocycles. The fourth-order valence-corrected chi connectivity index (χ4v) is 2.21. The molecule has 1 aromatic heterocycles. The van der Waals surface area contributed by atoms with Gasteiger partial charge in [-0.15, -0.1) is 11.3 Å². The summed E-state index contributed by atoms with van der Waals surface area (Å²) in [6.45, 7) is 1.97. The Bertz CT molecular complexity index is 632. The number of thiazole rings is 1. The second-order valence-electron chi connectivity index (χ2n) is 4.32. The second-order valence-corrected chi connectivity index (χ2v) is 5.26. The molecule has 21 heavy (non-hydrogen) atoms. The summed E-state index contributed by atoms with van der Waals surface area (Å²) in [4.78, 5) is 7.45. The van der Waals surface area contributed by atoms with Gasteiger partial charge in [-0.05, 0) is 19.1 Å². The molecule has 0 aliphatic carbocycles. The van der Waals surface area contributed by atoms with Crippen LogP contribution in [-0.2, 0) is 12.7 Å². The third-order valence-corrected chi connectivity index (χ3v) is 3.38. The number of aromatic nitrogens is 1. The fourth-order valence-electron chi connectivity index (χ4n) is 1.49. The zero-order valence-corrected chi connectivity index (χ0v) is 11.9. The van der Waals surface area contributed by atoms with Crippen LogP contribution in [0.25, 0.3) is 0 Å². The number of nitrogens with one attached hydrogen (secondary N) is 1. The fraction of sp³-hybridized carbons (Fsp3) is 0.231. The van der Waals surface area contributed by atoms with Crippen molar-refractivity contribution in [1.29, 1.82) is 0 Å². The molecule has 8 heteroatoms.